The Hall–Kier alpha value is -5.11. The highest BCUT2D eigenvalue weighted by atomic mass is 16.5. The maximum absolute atomic E-state index is 13.2. The summed E-state index contributed by atoms with van der Waals surface area (Å²) in [7, 11) is 1.60. The molecule has 2 N–H and O–H groups in total. The number of fused-ring (bicyclic) bond motifs is 1. The minimum absolute atomic E-state index is 0.238. The second-order valence-corrected chi connectivity index (χ2v) is 8.66. The van der Waals surface area contributed by atoms with Crippen LogP contribution in [0.4, 0.5) is 5.69 Å². The highest BCUT2D eigenvalue weighted by molar-refractivity contribution is 6.08. The highest BCUT2D eigenvalue weighted by Gasteiger charge is 2.16. The molecule has 188 valence electrons. The molecular weight excluding hydrogens is 478 g/mol. The van der Waals surface area contributed by atoms with Crippen LogP contribution in [-0.4, -0.2) is 33.9 Å². The number of amides is 2. The molecule has 0 aliphatic heterocycles. The van der Waals surface area contributed by atoms with E-state index in [0.717, 1.165) is 22.4 Å². The van der Waals surface area contributed by atoms with Gasteiger partial charge in [-0.05, 0) is 73.7 Å². The Morgan fingerprint density at radius 3 is 2.42 bits per heavy atom. The zero-order chi connectivity index (χ0) is 26.5. The van der Waals surface area contributed by atoms with E-state index < -0.39 is 0 Å². The van der Waals surface area contributed by atoms with Crippen LogP contribution in [0, 0.1) is 0 Å². The van der Waals surface area contributed by atoms with Crippen LogP contribution < -0.4 is 15.4 Å². The molecule has 38 heavy (non-hydrogen) atoms. The number of ether oxygens (including phenoxy) is 1. The molecule has 3 aromatic heterocycles. The number of methoxy groups -OCH3 is 1. The minimum atomic E-state index is -0.289. The summed E-state index contributed by atoms with van der Waals surface area (Å²) < 4.78 is 5.22. The Balaban J connectivity index is 1.32. The van der Waals surface area contributed by atoms with Crippen LogP contribution in [0.1, 0.15) is 39.4 Å². The van der Waals surface area contributed by atoms with Crippen molar-refractivity contribution >= 4 is 28.4 Å². The van der Waals surface area contributed by atoms with Crippen LogP contribution in [0.15, 0.2) is 97.5 Å². The Morgan fingerprint density at radius 1 is 0.842 bits per heavy atom. The van der Waals surface area contributed by atoms with Crippen molar-refractivity contribution in [2.45, 2.75) is 13.0 Å². The number of anilines is 1. The van der Waals surface area contributed by atoms with Gasteiger partial charge in [0.15, 0.2) is 0 Å². The number of carbonyl (C=O) groups is 2. The van der Waals surface area contributed by atoms with Crippen molar-refractivity contribution in [1.82, 2.24) is 20.3 Å². The van der Waals surface area contributed by atoms with Crippen molar-refractivity contribution in [3.05, 3.63) is 114 Å². The van der Waals surface area contributed by atoms with E-state index in [4.69, 9.17) is 4.74 Å². The monoisotopic (exact) mass is 503 g/mol. The summed E-state index contributed by atoms with van der Waals surface area (Å²) in [5.74, 6) is 0.197. The number of rotatable bonds is 7. The van der Waals surface area contributed by atoms with E-state index in [9.17, 15) is 9.59 Å². The summed E-state index contributed by atoms with van der Waals surface area (Å²) in [6.07, 6.45) is 4.87. The zero-order valence-electron chi connectivity index (χ0n) is 20.9. The first kappa shape index (κ1) is 24.6. The third-order valence-corrected chi connectivity index (χ3v) is 6.10. The zero-order valence-corrected chi connectivity index (χ0v) is 20.9. The van der Waals surface area contributed by atoms with Crippen LogP contribution in [0.2, 0.25) is 0 Å². The van der Waals surface area contributed by atoms with E-state index >= 15 is 0 Å². The number of aromatic nitrogens is 3. The standard InChI is InChI=1S/C30H25N5O3/c1-19(26-7-3-4-14-31-26)34-29(36)22-16-21-8-11-23(17-27(21)33-18-22)35-30(37)25-6-5-15-32-28(25)20-9-12-24(38-2)13-10-20/h3-19H,1-2H3,(H,34,36)(H,35,37). The van der Waals surface area contributed by atoms with Gasteiger partial charge in [-0.25, -0.2) is 0 Å². The lowest BCUT2D eigenvalue weighted by Gasteiger charge is -2.13. The number of pyridine rings is 3. The second kappa shape index (κ2) is 10.9. The number of hydrogen-bond donors (Lipinski definition) is 2. The Bertz CT molecular complexity index is 1600. The predicted octanol–water partition coefficient (Wildman–Crippen LogP) is 5.44. The van der Waals surface area contributed by atoms with Crippen LogP contribution in [-0.2, 0) is 0 Å². The predicted molar refractivity (Wildman–Crippen MR) is 146 cm³/mol. The lowest BCUT2D eigenvalue weighted by Crippen LogP contribution is -2.27. The average Bonchev–Trinajstić information content (AvgIpc) is 2.97. The Morgan fingerprint density at radius 2 is 1.66 bits per heavy atom. The molecule has 0 aliphatic carbocycles. The molecule has 0 fully saturated rings. The Kier molecular flexibility index (Phi) is 7.04. The second-order valence-electron chi connectivity index (χ2n) is 8.66. The van der Waals surface area contributed by atoms with E-state index in [1.54, 1.807) is 49.8 Å². The van der Waals surface area contributed by atoms with Gasteiger partial charge in [0.1, 0.15) is 5.75 Å². The topological polar surface area (TPSA) is 106 Å². The molecule has 0 radical (unpaired) electrons. The van der Waals surface area contributed by atoms with Gasteiger partial charge in [0.25, 0.3) is 11.8 Å². The first-order valence-electron chi connectivity index (χ1n) is 12.0. The van der Waals surface area contributed by atoms with Crippen LogP contribution in [0.5, 0.6) is 5.75 Å². The fraction of sp³-hybridized carbons (Fsp3) is 0.100. The highest BCUT2D eigenvalue weighted by Crippen LogP contribution is 2.25. The van der Waals surface area contributed by atoms with Crippen LogP contribution >= 0.6 is 0 Å². The van der Waals surface area contributed by atoms with Gasteiger partial charge < -0.3 is 15.4 Å². The van der Waals surface area contributed by atoms with Crippen LogP contribution in [0.25, 0.3) is 22.2 Å². The third-order valence-electron chi connectivity index (χ3n) is 6.10. The van der Waals surface area contributed by atoms with Crippen molar-refractivity contribution in [3.8, 4) is 17.0 Å². The molecule has 5 aromatic rings. The minimum Gasteiger partial charge on any atom is -0.497 e. The average molecular weight is 504 g/mol. The van der Waals surface area contributed by atoms with E-state index in [0.29, 0.717) is 28.0 Å². The van der Waals surface area contributed by atoms with E-state index in [-0.39, 0.29) is 17.9 Å². The lowest BCUT2D eigenvalue weighted by atomic mass is 10.0. The van der Waals surface area contributed by atoms with Crippen molar-refractivity contribution in [2.24, 2.45) is 0 Å². The van der Waals surface area contributed by atoms with Gasteiger partial charge in [-0.3, -0.25) is 24.5 Å². The fourth-order valence-corrected chi connectivity index (χ4v) is 4.08. The number of hydrogen-bond acceptors (Lipinski definition) is 6. The summed E-state index contributed by atoms with van der Waals surface area (Å²) in [6.45, 7) is 1.88. The van der Waals surface area contributed by atoms with Crippen LogP contribution in [0.3, 0.4) is 0 Å². The van der Waals surface area contributed by atoms with Gasteiger partial charge >= 0.3 is 0 Å². The van der Waals surface area contributed by atoms with Crippen molar-refractivity contribution in [2.75, 3.05) is 12.4 Å². The molecule has 0 spiro atoms. The molecule has 2 aromatic carbocycles. The normalized spacial score (nSPS) is 11.5. The van der Waals surface area contributed by atoms with Gasteiger partial charge in [0.2, 0.25) is 0 Å². The lowest BCUT2D eigenvalue weighted by molar-refractivity contribution is 0.0938. The number of nitrogens with zero attached hydrogens (tertiary/aromatic N) is 3. The van der Waals surface area contributed by atoms with Crippen molar-refractivity contribution in [3.63, 3.8) is 0 Å². The summed E-state index contributed by atoms with van der Waals surface area (Å²) in [4.78, 5) is 39.1. The molecule has 8 nitrogen and oxygen atoms in total. The van der Waals surface area contributed by atoms with Gasteiger partial charge in [-0.1, -0.05) is 12.1 Å². The fourth-order valence-electron chi connectivity index (χ4n) is 4.08. The largest absolute Gasteiger partial charge is 0.497 e. The number of nitrogens with one attached hydrogen (secondary N) is 2. The molecule has 0 saturated heterocycles. The van der Waals surface area contributed by atoms with Gasteiger partial charge in [-0.15, -0.1) is 0 Å². The van der Waals surface area contributed by atoms with E-state index in [1.807, 2.05) is 55.5 Å². The van der Waals surface area contributed by atoms with Gasteiger partial charge in [-0.2, -0.15) is 0 Å². The molecule has 0 saturated carbocycles. The third kappa shape index (κ3) is 5.34. The molecule has 1 atom stereocenters. The molecule has 5 rings (SSSR count). The summed E-state index contributed by atoms with van der Waals surface area (Å²) in [5, 5.41) is 6.66. The summed E-state index contributed by atoms with van der Waals surface area (Å²) in [6, 6.07) is 23.3. The SMILES string of the molecule is COc1ccc(-c2ncccc2C(=O)Nc2ccc3cc(C(=O)NC(C)c4ccccn4)cnc3c2)cc1. The quantitative estimate of drug-likeness (QED) is 0.306. The molecule has 1 unspecified atom stereocenters. The molecule has 0 bridgehead atoms. The maximum atomic E-state index is 13.2. The first-order valence-corrected chi connectivity index (χ1v) is 12.0. The molecular formula is C30H25N5O3. The summed E-state index contributed by atoms with van der Waals surface area (Å²) in [5.41, 5.74) is 4.27. The van der Waals surface area contributed by atoms with Crippen molar-refractivity contribution in [1.29, 1.82) is 0 Å². The number of carbonyl (C=O) groups excluding carboxylic acids is 2. The van der Waals surface area contributed by atoms with Crippen molar-refractivity contribution < 1.29 is 14.3 Å². The van der Waals surface area contributed by atoms with Gasteiger partial charge in [0.05, 0.1) is 41.2 Å². The first-order chi connectivity index (χ1) is 18.5. The molecule has 0 aliphatic rings. The maximum Gasteiger partial charge on any atom is 0.257 e. The van der Waals surface area contributed by atoms with E-state index in [1.165, 1.54) is 6.20 Å². The Labute approximate surface area is 219 Å². The molecule has 3 heterocycles. The van der Waals surface area contributed by atoms with E-state index in [2.05, 4.69) is 25.6 Å². The smallest absolute Gasteiger partial charge is 0.257 e. The molecule has 8 heteroatoms. The molecule has 2 amide bonds. The summed E-state index contributed by atoms with van der Waals surface area (Å²) >= 11 is 0. The number of benzene rings is 2. The van der Waals surface area contributed by atoms with Gasteiger partial charge in [0, 0.05) is 35.2 Å².